The van der Waals surface area contributed by atoms with Crippen LogP contribution in [0.3, 0.4) is 0 Å². The first-order valence-corrected chi connectivity index (χ1v) is 8.56. The largest absolute Gasteiger partial charge is 0.311 e. The Labute approximate surface area is 121 Å². The average molecular weight is 308 g/mol. The van der Waals surface area contributed by atoms with Gasteiger partial charge in [-0.2, -0.15) is 23.5 Å². The summed E-state index contributed by atoms with van der Waals surface area (Å²) in [6.07, 6.45) is 0. The number of hydrogen-bond acceptors (Lipinski definition) is 3. The van der Waals surface area contributed by atoms with Gasteiger partial charge in [-0.25, -0.2) is 0 Å². The third kappa shape index (κ3) is 4.25. The molecule has 0 aromatic heterocycles. The molecule has 0 bridgehead atoms. The highest BCUT2D eigenvalue weighted by Crippen LogP contribution is 2.25. The maximum Gasteiger partial charge on any atom is 0.0465 e. The predicted octanol–water partition coefficient (Wildman–Crippen LogP) is 3.93. The van der Waals surface area contributed by atoms with Gasteiger partial charge in [0.2, 0.25) is 0 Å². The summed E-state index contributed by atoms with van der Waals surface area (Å²) in [4.78, 5) is 0. The van der Waals surface area contributed by atoms with Gasteiger partial charge >= 0.3 is 0 Å². The van der Waals surface area contributed by atoms with E-state index in [2.05, 4.69) is 17.1 Å². The Kier molecular flexibility index (Phi) is 5.84. The number of rotatable bonds is 4. The van der Waals surface area contributed by atoms with Crippen molar-refractivity contribution in [3.05, 3.63) is 33.8 Å². The Morgan fingerprint density at radius 1 is 1.24 bits per heavy atom. The van der Waals surface area contributed by atoms with Crippen LogP contribution in [0.2, 0.25) is 10.0 Å². The van der Waals surface area contributed by atoms with Crippen LogP contribution in [0, 0.1) is 0 Å². The maximum absolute atomic E-state index is 6.12. The van der Waals surface area contributed by atoms with Gasteiger partial charge in [0.05, 0.1) is 0 Å². The van der Waals surface area contributed by atoms with Crippen LogP contribution in [0.5, 0.6) is 0 Å². The zero-order valence-corrected chi connectivity index (χ0v) is 12.6. The molecular formula is C12H15Cl2NS2. The van der Waals surface area contributed by atoms with E-state index >= 15 is 0 Å². The van der Waals surface area contributed by atoms with Crippen molar-refractivity contribution in [1.82, 2.24) is 5.32 Å². The van der Waals surface area contributed by atoms with E-state index in [1.54, 1.807) is 0 Å². The van der Waals surface area contributed by atoms with Crippen LogP contribution in [0.1, 0.15) is 5.56 Å². The second kappa shape index (κ2) is 7.15. The minimum atomic E-state index is 0.718. The van der Waals surface area contributed by atoms with Crippen molar-refractivity contribution in [3.63, 3.8) is 0 Å². The standard InChI is InChI=1S/C12H15Cl2NS2/c13-11-2-1-3-12(14)10(11)7-15-6-9-8-16-4-5-17-9/h1-3,9,15H,4-8H2. The third-order valence-electron chi connectivity index (χ3n) is 2.62. The number of nitrogens with one attached hydrogen (secondary N) is 1. The lowest BCUT2D eigenvalue weighted by Crippen LogP contribution is -2.28. The van der Waals surface area contributed by atoms with Crippen molar-refractivity contribution in [1.29, 1.82) is 0 Å². The van der Waals surface area contributed by atoms with Gasteiger partial charge in [0, 0.05) is 51.2 Å². The first-order valence-electron chi connectivity index (χ1n) is 5.60. The molecule has 2 rings (SSSR count). The van der Waals surface area contributed by atoms with Gasteiger partial charge in [-0.15, -0.1) is 0 Å². The van der Waals surface area contributed by atoms with Gasteiger partial charge in [0.1, 0.15) is 0 Å². The first kappa shape index (κ1) is 13.9. The molecule has 0 spiro atoms. The summed E-state index contributed by atoms with van der Waals surface area (Å²) >= 11 is 16.3. The lowest BCUT2D eigenvalue weighted by atomic mass is 10.2. The molecule has 94 valence electrons. The van der Waals surface area contributed by atoms with Crippen LogP contribution in [0.15, 0.2) is 18.2 Å². The van der Waals surface area contributed by atoms with Crippen LogP contribution >= 0.6 is 46.7 Å². The molecule has 1 fully saturated rings. The second-order valence-electron chi connectivity index (χ2n) is 3.90. The highest BCUT2D eigenvalue weighted by Gasteiger charge is 2.14. The van der Waals surface area contributed by atoms with E-state index in [9.17, 15) is 0 Å². The van der Waals surface area contributed by atoms with Crippen molar-refractivity contribution in [3.8, 4) is 0 Å². The molecule has 1 aliphatic heterocycles. The van der Waals surface area contributed by atoms with Gasteiger partial charge in [0.15, 0.2) is 0 Å². The molecule has 1 heterocycles. The summed E-state index contributed by atoms with van der Waals surface area (Å²) in [6, 6.07) is 5.65. The summed E-state index contributed by atoms with van der Waals surface area (Å²) in [5, 5.41) is 5.66. The van der Waals surface area contributed by atoms with E-state index < -0.39 is 0 Å². The summed E-state index contributed by atoms with van der Waals surface area (Å²) < 4.78 is 0. The molecule has 0 aliphatic carbocycles. The second-order valence-corrected chi connectivity index (χ2v) is 7.27. The van der Waals surface area contributed by atoms with Crippen molar-refractivity contribution in [2.75, 3.05) is 23.8 Å². The van der Waals surface area contributed by atoms with Crippen LogP contribution < -0.4 is 5.32 Å². The van der Waals surface area contributed by atoms with Crippen LogP contribution in [-0.2, 0) is 6.54 Å². The molecule has 0 radical (unpaired) electrons. The smallest absolute Gasteiger partial charge is 0.0465 e. The van der Waals surface area contributed by atoms with Gasteiger partial charge in [0.25, 0.3) is 0 Å². The quantitative estimate of drug-likeness (QED) is 0.905. The van der Waals surface area contributed by atoms with E-state index in [4.69, 9.17) is 23.2 Å². The molecule has 1 nitrogen and oxygen atoms in total. The fourth-order valence-electron chi connectivity index (χ4n) is 1.71. The average Bonchev–Trinajstić information content (AvgIpc) is 2.34. The molecule has 1 unspecified atom stereocenters. The highest BCUT2D eigenvalue weighted by atomic mass is 35.5. The Morgan fingerprint density at radius 3 is 2.65 bits per heavy atom. The number of benzene rings is 1. The topological polar surface area (TPSA) is 12.0 Å². The van der Waals surface area contributed by atoms with E-state index in [1.807, 2.05) is 30.0 Å². The molecule has 1 N–H and O–H groups in total. The zero-order chi connectivity index (χ0) is 12.1. The lowest BCUT2D eigenvalue weighted by Gasteiger charge is -2.21. The van der Waals surface area contributed by atoms with E-state index in [0.717, 1.165) is 33.9 Å². The van der Waals surface area contributed by atoms with Crippen LogP contribution in [0.25, 0.3) is 0 Å². The minimum absolute atomic E-state index is 0.718. The molecule has 1 aromatic carbocycles. The Balaban J connectivity index is 1.81. The molecule has 5 heteroatoms. The summed E-state index contributed by atoms with van der Waals surface area (Å²) in [5.41, 5.74) is 1.00. The van der Waals surface area contributed by atoms with Crippen molar-refractivity contribution in [2.24, 2.45) is 0 Å². The maximum atomic E-state index is 6.12. The molecule has 1 aliphatic rings. The molecular weight excluding hydrogens is 293 g/mol. The Hall–Kier alpha value is 0.460. The van der Waals surface area contributed by atoms with Crippen LogP contribution in [0.4, 0.5) is 0 Å². The summed E-state index contributed by atoms with van der Waals surface area (Å²) in [5.74, 6) is 3.80. The molecule has 0 amide bonds. The zero-order valence-electron chi connectivity index (χ0n) is 9.42. The number of thioether (sulfide) groups is 2. The lowest BCUT2D eigenvalue weighted by molar-refractivity contribution is 0.686. The first-order chi connectivity index (χ1) is 8.27. The Bertz CT molecular complexity index is 347. The van der Waals surface area contributed by atoms with Crippen LogP contribution in [-0.4, -0.2) is 29.1 Å². The Morgan fingerprint density at radius 2 is 2.00 bits per heavy atom. The predicted molar refractivity (Wildman–Crippen MR) is 81.7 cm³/mol. The van der Waals surface area contributed by atoms with Gasteiger partial charge < -0.3 is 5.32 Å². The number of hydrogen-bond donors (Lipinski definition) is 1. The van der Waals surface area contributed by atoms with E-state index in [1.165, 1.54) is 17.3 Å². The SMILES string of the molecule is Clc1cccc(Cl)c1CNCC1CSCCS1. The normalized spacial score (nSPS) is 20.5. The van der Waals surface area contributed by atoms with Gasteiger partial charge in [-0.1, -0.05) is 29.3 Å². The van der Waals surface area contributed by atoms with E-state index in [-0.39, 0.29) is 0 Å². The molecule has 17 heavy (non-hydrogen) atoms. The van der Waals surface area contributed by atoms with Crippen molar-refractivity contribution in [2.45, 2.75) is 11.8 Å². The van der Waals surface area contributed by atoms with Gasteiger partial charge in [-0.05, 0) is 12.1 Å². The van der Waals surface area contributed by atoms with Crippen molar-refractivity contribution < 1.29 is 0 Å². The fourth-order valence-corrected chi connectivity index (χ4v) is 4.89. The molecule has 1 atom stereocenters. The number of halogens is 2. The molecule has 0 saturated carbocycles. The highest BCUT2D eigenvalue weighted by molar-refractivity contribution is 8.06. The molecule has 1 aromatic rings. The molecule has 1 saturated heterocycles. The van der Waals surface area contributed by atoms with Crippen molar-refractivity contribution >= 4 is 46.7 Å². The summed E-state index contributed by atoms with van der Waals surface area (Å²) in [6.45, 7) is 1.78. The summed E-state index contributed by atoms with van der Waals surface area (Å²) in [7, 11) is 0. The monoisotopic (exact) mass is 307 g/mol. The third-order valence-corrected chi connectivity index (χ3v) is 6.17. The van der Waals surface area contributed by atoms with Gasteiger partial charge in [-0.3, -0.25) is 0 Å². The minimum Gasteiger partial charge on any atom is -0.311 e. The fraction of sp³-hybridized carbons (Fsp3) is 0.500. The van der Waals surface area contributed by atoms with E-state index in [0.29, 0.717) is 0 Å².